The highest BCUT2D eigenvalue weighted by molar-refractivity contribution is 7.88. The molecule has 112 valence electrons. The summed E-state index contributed by atoms with van der Waals surface area (Å²) in [6.07, 6.45) is 0. The lowest BCUT2D eigenvalue weighted by Gasteiger charge is -2.13. The lowest BCUT2D eigenvalue weighted by molar-refractivity contribution is 0.0600. The summed E-state index contributed by atoms with van der Waals surface area (Å²) in [5, 5.41) is 17.7. The van der Waals surface area contributed by atoms with E-state index in [9.17, 15) is 13.2 Å². The first kappa shape index (κ1) is 16.6. The van der Waals surface area contributed by atoms with Crippen LogP contribution in [0.3, 0.4) is 0 Å². The van der Waals surface area contributed by atoms with E-state index in [4.69, 9.17) is 10.2 Å². The Morgan fingerprint density at radius 3 is 2.25 bits per heavy atom. The van der Waals surface area contributed by atoms with E-state index >= 15 is 0 Å². The molecule has 0 radical (unpaired) electrons. The zero-order valence-corrected chi connectivity index (χ0v) is 11.8. The van der Waals surface area contributed by atoms with Gasteiger partial charge in [0, 0.05) is 0 Å². The standard InChI is InChI=1S/C12H17NO6S/c1-19-12(16)10-4-2-9(3-5-10)8-20(17,18)13-11(6-14)7-15/h2-5,11,13-15H,6-8H2,1H3. The third kappa shape index (κ3) is 4.89. The van der Waals surface area contributed by atoms with Gasteiger partial charge in [0.05, 0.1) is 37.7 Å². The number of aliphatic hydroxyl groups is 2. The molecule has 0 aromatic heterocycles. The Morgan fingerprint density at radius 2 is 1.80 bits per heavy atom. The minimum absolute atomic E-state index is 0.315. The van der Waals surface area contributed by atoms with Crippen molar-refractivity contribution in [1.82, 2.24) is 4.72 Å². The molecule has 0 fully saturated rings. The van der Waals surface area contributed by atoms with E-state index in [0.717, 1.165) is 0 Å². The van der Waals surface area contributed by atoms with Gasteiger partial charge >= 0.3 is 5.97 Å². The molecule has 0 spiro atoms. The predicted octanol–water partition coefficient (Wildman–Crippen LogP) is -0.754. The molecule has 0 saturated carbocycles. The Bertz CT molecular complexity index is 536. The molecular formula is C12H17NO6S. The second kappa shape index (κ2) is 7.34. The molecule has 0 heterocycles. The molecule has 0 amide bonds. The fourth-order valence-corrected chi connectivity index (χ4v) is 2.87. The summed E-state index contributed by atoms with van der Waals surface area (Å²) in [6, 6.07) is 5.00. The largest absolute Gasteiger partial charge is 0.465 e. The monoisotopic (exact) mass is 303 g/mol. The molecule has 1 rings (SSSR count). The molecule has 0 aliphatic carbocycles. The van der Waals surface area contributed by atoms with Crippen LogP contribution in [0.25, 0.3) is 0 Å². The zero-order valence-electron chi connectivity index (χ0n) is 10.9. The highest BCUT2D eigenvalue weighted by Crippen LogP contribution is 2.09. The molecule has 8 heteroatoms. The number of carbonyl (C=O) groups excluding carboxylic acids is 1. The molecule has 0 atom stereocenters. The molecule has 1 aromatic carbocycles. The molecule has 1 aromatic rings. The average molecular weight is 303 g/mol. The van der Waals surface area contributed by atoms with Crippen molar-refractivity contribution in [2.45, 2.75) is 11.8 Å². The van der Waals surface area contributed by atoms with Crippen molar-refractivity contribution in [3.8, 4) is 0 Å². The summed E-state index contributed by atoms with van der Waals surface area (Å²) in [5.41, 5.74) is 0.796. The average Bonchev–Trinajstić information content (AvgIpc) is 2.44. The highest BCUT2D eigenvalue weighted by Gasteiger charge is 2.17. The van der Waals surface area contributed by atoms with E-state index in [0.29, 0.717) is 11.1 Å². The van der Waals surface area contributed by atoms with Crippen molar-refractivity contribution in [2.24, 2.45) is 0 Å². The topological polar surface area (TPSA) is 113 Å². The molecule has 0 unspecified atom stereocenters. The van der Waals surface area contributed by atoms with Crippen LogP contribution in [-0.4, -0.2) is 51.0 Å². The molecule has 20 heavy (non-hydrogen) atoms. The SMILES string of the molecule is COC(=O)c1ccc(CS(=O)(=O)NC(CO)CO)cc1. The number of ether oxygens (including phenoxy) is 1. The van der Waals surface area contributed by atoms with Gasteiger partial charge in [-0.05, 0) is 17.7 Å². The first-order chi connectivity index (χ1) is 9.41. The highest BCUT2D eigenvalue weighted by atomic mass is 32.2. The zero-order chi connectivity index (χ0) is 15.2. The predicted molar refractivity (Wildman–Crippen MR) is 71.5 cm³/mol. The van der Waals surface area contributed by atoms with Crippen LogP contribution in [0.15, 0.2) is 24.3 Å². The first-order valence-corrected chi connectivity index (χ1v) is 7.46. The van der Waals surface area contributed by atoms with Crippen LogP contribution in [0.4, 0.5) is 0 Å². The van der Waals surface area contributed by atoms with Gasteiger partial charge in [-0.2, -0.15) is 0 Å². The summed E-state index contributed by atoms with van der Waals surface area (Å²) in [5.74, 6) is -0.816. The number of nitrogens with one attached hydrogen (secondary N) is 1. The number of hydrogen-bond acceptors (Lipinski definition) is 6. The van der Waals surface area contributed by atoms with Crippen LogP contribution in [0.5, 0.6) is 0 Å². The van der Waals surface area contributed by atoms with Gasteiger partial charge in [-0.25, -0.2) is 17.9 Å². The summed E-state index contributed by atoms with van der Waals surface area (Å²) in [7, 11) is -2.42. The lowest BCUT2D eigenvalue weighted by Crippen LogP contribution is -2.40. The van der Waals surface area contributed by atoms with Crippen molar-refractivity contribution in [3.63, 3.8) is 0 Å². The van der Waals surface area contributed by atoms with Gasteiger partial charge in [-0.3, -0.25) is 0 Å². The Labute approximate surface area is 117 Å². The van der Waals surface area contributed by atoms with Crippen molar-refractivity contribution < 1.29 is 28.2 Å². The van der Waals surface area contributed by atoms with Gasteiger partial charge in [0.15, 0.2) is 0 Å². The third-order valence-corrected chi connectivity index (χ3v) is 3.92. The van der Waals surface area contributed by atoms with E-state index in [1.807, 2.05) is 0 Å². The van der Waals surface area contributed by atoms with Crippen molar-refractivity contribution in [3.05, 3.63) is 35.4 Å². The Balaban J connectivity index is 2.75. The number of benzene rings is 1. The number of esters is 1. The van der Waals surface area contributed by atoms with E-state index < -0.39 is 35.2 Å². The van der Waals surface area contributed by atoms with E-state index in [1.165, 1.54) is 31.4 Å². The smallest absolute Gasteiger partial charge is 0.337 e. The lowest BCUT2D eigenvalue weighted by atomic mass is 10.1. The van der Waals surface area contributed by atoms with Crippen LogP contribution in [0, 0.1) is 0 Å². The summed E-state index contributed by atoms with van der Waals surface area (Å²) >= 11 is 0. The Kier molecular flexibility index (Phi) is 6.08. The molecule has 0 saturated heterocycles. The van der Waals surface area contributed by atoms with Crippen LogP contribution in [0.2, 0.25) is 0 Å². The van der Waals surface area contributed by atoms with E-state index in [-0.39, 0.29) is 5.75 Å². The van der Waals surface area contributed by atoms with Crippen LogP contribution >= 0.6 is 0 Å². The maximum Gasteiger partial charge on any atom is 0.337 e. The minimum Gasteiger partial charge on any atom is -0.465 e. The number of carbonyl (C=O) groups is 1. The quantitative estimate of drug-likeness (QED) is 0.571. The van der Waals surface area contributed by atoms with Gasteiger partial charge in [-0.15, -0.1) is 0 Å². The Morgan fingerprint density at radius 1 is 1.25 bits per heavy atom. The molecule has 0 bridgehead atoms. The maximum absolute atomic E-state index is 11.8. The summed E-state index contributed by atoms with van der Waals surface area (Å²) in [6.45, 7) is -0.978. The third-order valence-electron chi connectivity index (χ3n) is 2.52. The van der Waals surface area contributed by atoms with E-state index in [1.54, 1.807) is 0 Å². The molecule has 0 aliphatic heterocycles. The maximum atomic E-state index is 11.8. The van der Waals surface area contributed by atoms with Gasteiger partial charge in [0.2, 0.25) is 10.0 Å². The van der Waals surface area contributed by atoms with Gasteiger partial charge in [0.1, 0.15) is 0 Å². The van der Waals surface area contributed by atoms with Crippen molar-refractivity contribution >= 4 is 16.0 Å². The van der Waals surface area contributed by atoms with Crippen LogP contribution in [-0.2, 0) is 20.5 Å². The van der Waals surface area contributed by atoms with Gasteiger partial charge < -0.3 is 14.9 Å². The van der Waals surface area contributed by atoms with Crippen molar-refractivity contribution in [2.75, 3.05) is 20.3 Å². The van der Waals surface area contributed by atoms with Gasteiger partial charge in [-0.1, -0.05) is 12.1 Å². The fourth-order valence-electron chi connectivity index (χ4n) is 1.50. The summed E-state index contributed by atoms with van der Waals surface area (Å²) in [4.78, 5) is 11.2. The minimum atomic E-state index is -3.68. The second-order valence-corrected chi connectivity index (χ2v) is 5.88. The number of hydrogen-bond donors (Lipinski definition) is 3. The number of rotatable bonds is 7. The molecule has 3 N–H and O–H groups in total. The second-order valence-electron chi connectivity index (χ2n) is 4.13. The van der Waals surface area contributed by atoms with Crippen LogP contribution < -0.4 is 4.72 Å². The molecule has 7 nitrogen and oxygen atoms in total. The molecule has 0 aliphatic rings. The van der Waals surface area contributed by atoms with Crippen LogP contribution in [0.1, 0.15) is 15.9 Å². The first-order valence-electron chi connectivity index (χ1n) is 5.81. The number of methoxy groups -OCH3 is 1. The molecular weight excluding hydrogens is 286 g/mol. The normalized spacial score (nSPS) is 11.6. The number of sulfonamides is 1. The van der Waals surface area contributed by atoms with Crippen molar-refractivity contribution in [1.29, 1.82) is 0 Å². The summed E-state index contributed by atoms with van der Waals surface area (Å²) < 4.78 is 30.3. The van der Waals surface area contributed by atoms with Gasteiger partial charge in [0.25, 0.3) is 0 Å². The fraction of sp³-hybridized carbons (Fsp3) is 0.417. The van der Waals surface area contributed by atoms with E-state index in [2.05, 4.69) is 9.46 Å². The Hall–Kier alpha value is -1.48. The number of aliphatic hydroxyl groups excluding tert-OH is 2.